The normalized spacial score (nSPS) is 12.5. The average Bonchev–Trinajstić information content (AvgIpc) is 2.10. The highest BCUT2D eigenvalue weighted by Gasteiger charge is 2.07. The number of nitrogens with zero attached hydrogens (tertiary/aromatic N) is 1. The standard InChI is InChI=1S/C11H16N2/c1-5-11(12-4)10-7-13-9(3)6-8(10)2/h5-7,11-12H,1H2,2-4H3. The molecule has 1 aromatic rings. The zero-order valence-corrected chi connectivity index (χ0v) is 8.46. The average molecular weight is 176 g/mol. The summed E-state index contributed by atoms with van der Waals surface area (Å²) in [5.41, 5.74) is 3.51. The number of likely N-dealkylation sites (N-methyl/N-ethyl adjacent to an activating group) is 1. The van der Waals surface area contributed by atoms with E-state index >= 15 is 0 Å². The summed E-state index contributed by atoms with van der Waals surface area (Å²) in [7, 11) is 1.92. The monoisotopic (exact) mass is 176 g/mol. The largest absolute Gasteiger partial charge is 0.310 e. The molecular weight excluding hydrogens is 160 g/mol. The maximum Gasteiger partial charge on any atom is 0.0519 e. The van der Waals surface area contributed by atoms with Crippen molar-refractivity contribution in [3.8, 4) is 0 Å². The molecule has 0 aliphatic heterocycles. The van der Waals surface area contributed by atoms with Crippen molar-refractivity contribution in [1.82, 2.24) is 10.3 Å². The van der Waals surface area contributed by atoms with E-state index in [0.717, 1.165) is 5.69 Å². The van der Waals surface area contributed by atoms with Gasteiger partial charge in [0.15, 0.2) is 0 Å². The van der Waals surface area contributed by atoms with Crippen molar-refractivity contribution in [2.45, 2.75) is 19.9 Å². The van der Waals surface area contributed by atoms with E-state index in [4.69, 9.17) is 0 Å². The van der Waals surface area contributed by atoms with E-state index in [9.17, 15) is 0 Å². The van der Waals surface area contributed by atoms with Crippen molar-refractivity contribution in [2.75, 3.05) is 7.05 Å². The predicted octanol–water partition coefficient (Wildman–Crippen LogP) is 2.14. The first kappa shape index (κ1) is 9.93. The first-order chi connectivity index (χ1) is 6.19. The molecule has 0 amide bonds. The molecule has 0 fully saturated rings. The molecule has 70 valence electrons. The summed E-state index contributed by atoms with van der Waals surface area (Å²) in [6, 6.07) is 2.29. The van der Waals surface area contributed by atoms with Crippen molar-refractivity contribution in [3.63, 3.8) is 0 Å². The number of hydrogen-bond donors (Lipinski definition) is 1. The highest BCUT2D eigenvalue weighted by molar-refractivity contribution is 5.30. The van der Waals surface area contributed by atoms with Crippen LogP contribution in [0.5, 0.6) is 0 Å². The van der Waals surface area contributed by atoms with Crippen LogP contribution in [-0.4, -0.2) is 12.0 Å². The van der Waals surface area contributed by atoms with Gasteiger partial charge in [-0.3, -0.25) is 4.98 Å². The summed E-state index contributed by atoms with van der Waals surface area (Å²) in [6.07, 6.45) is 3.80. The molecule has 1 unspecified atom stereocenters. The molecule has 0 bridgehead atoms. The topological polar surface area (TPSA) is 24.9 Å². The lowest BCUT2D eigenvalue weighted by atomic mass is 10.0. The number of aromatic nitrogens is 1. The summed E-state index contributed by atoms with van der Waals surface area (Å²) >= 11 is 0. The van der Waals surface area contributed by atoms with Crippen molar-refractivity contribution < 1.29 is 0 Å². The van der Waals surface area contributed by atoms with Crippen molar-refractivity contribution in [2.24, 2.45) is 0 Å². The Balaban J connectivity index is 3.06. The Labute approximate surface area is 79.7 Å². The van der Waals surface area contributed by atoms with Gasteiger partial charge in [0.25, 0.3) is 0 Å². The number of aryl methyl sites for hydroxylation is 2. The van der Waals surface area contributed by atoms with E-state index in [-0.39, 0.29) is 6.04 Å². The molecule has 0 saturated heterocycles. The second kappa shape index (κ2) is 4.19. The van der Waals surface area contributed by atoms with Crippen LogP contribution in [0.15, 0.2) is 24.9 Å². The molecule has 0 saturated carbocycles. The Morgan fingerprint density at radius 3 is 2.69 bits per heavy atom. The third-order valence-electron chi connectivity index (χ3n) is 2.17. The molecule has 1 heterocycles. The number of rotatable bonds is 3. The minimum absolute atomic E-state index is 0.202. The molecule has 0 aliphatic rings. The maximum atomic E-state index is 4.27. The van der Waals surface area contributed by atoms with E-state index in [1.165, 1.54) is 11.1 Å². The van der Waals surface area contributed by atoms with Crippen LogP contribution in [0, 0.1) is 13.8 Å². The Bertz CT molecular complexity index is 305. The van der Waals surface area contributed by atoms with E-state index in [2.05, 4.69) is 29.9 Å². The van der Waals surface area contributed by atoms with Gasteiger partial charge in [0.1, 0.15) is 0 Å². The molecule has 0 radical (unpaired) electrons. The lowest BCUT2D eigenvalue weighted by Crippen LogP contribution is -2.15. The molecule has 1 aromatic heterocycles. The summed E-state index contributed by atoms with van der Waals surface area (Å²) in [5, 5.41) is 3.17. The fourth-order valence-electron chi connectivity index (χ4n) is 1.43. The summed E-state index contributed by atoms with van der Waals surface area (Å²) < 4.78 is 0. The Morgan fingerprint density at radius 2 is 2.23 bits per heavy atom. The van der Waals surface area contributed by atoms with Gasteiger partial charge in [0.2, 0.25) is 0 Å². The van der Waals surface area contributed by atoms with Crippen LogP contribution in [0.2, 0.25) is 0 Å². The van der Waals surface area contributed by atoms with E-state index in [1.807, 2.05) is 26.2 Å². The molecule has 13 heavy (non-hydrogen) atoms. The van der Waals surface area contributed by atoms with Crippen LogP contribution >= 0.6 is 0 Å². The molecule has 1 atom stereocenters. The quantitative estimate of drug-likeness (QED) is 0.714. The predicted molar refractivity (Wildman–Crippen MR) is 55.7 cm³/mol. The smallest absolute Gasteiger partial charge is 0.0519 e. The Kier molecular flexibility index (Phi) is 3.20. The van der Waals surface area contributed by atoms with Crippen molar-refractivity contribution >= 4 is 0 Å². The number of pyridine rings is 1. The zero-order chi connectivity index (χ0) is 9.84. The van der Waals surface area contributed by atoms with Crippen LogP contribution < -0.4 is 5.32 Å². The van der Waals surface area contributed by atoms with Gasteiger partial charge in [0, 0.05) is 11.9 Å². The van der Waals surface area contributed by atoms with Gasteiger partial charge < -0.3 is 5.32 Å². The SMILES string of the molecule is C=CC(NC)c1cnc(C)cc1C. The molecule has 0 spiro atoms. The molecule has 0 aromatic carbocycles. The minimum atomic E-state index is 0.202. The third-order valence-corrected chi connectivity index (χ3v) is 2.17. The first-order valence-corrected chi connectivity index (χ1v) is 4.42. The van der Waals surface area contributed by atoms with Gasteiger partial charge in [-0.25, -0.2) is 0 Å². The van der Waals surface area contributed by atoms with Gasteiger partial charge in [-0.15, -0.1) is 6.58 Å². The molecule has 1 N–H and O–H groups in total. The fourth-order valence-corrected chi connectivity index (χ4v) is 1.43. The first-order valence-electron chi connectivity index (χ1n) is 4.42. The lowest BCUT2D eigenvalue weighted by molar-refractivity contribution is 0.707. The van der Waals surface area contributed by atoms with E-state index < -0.39 is 0 Å². The van der Waals surface area contributed by atoms with Crippen LogP contribution in [0.3, 0.4) is 0 Å². The molecule has 2 heteroatoms. The van der Waals surface area contributed by atoms with Crippen LogP contribution in [0.4, 0.5) is 0 Å². The van der Waals surface area contributed by atoms with Gasteiger partial charge >= 0.3 is 0 Å². The van der Waals surface area contributed by atoms with Gasteiger partial charge in [-0.2, -0.15) is 0 Å². The van der Waals surface area contributed by atoms with Crippen molar-refractivity contribution in [1.29, 1.82) is 0 Å². The van der Waals surface area contributed by atoms with E-state index in [0.29, 0.717) is 0 Å². The summed E-state index contributed by atoms with van der Waals surface area (Å²) in [5.74, 6) is 0. The summed E-state index contributed by atoms with van der Waals surface area (Å²) in [6.45, 7) is 7.88. The van der Waals surface area contributed by atoms with Crippen LogP contribution in [0.1, 0.15) is 22.9 Å². The molecular formula is C11H16N2. The van der Waals surface area contributed by atoms with Crippen molar-refractivity contribution in [3.05, 3.63) is 41.7 Å². The Hall–Kier alpha value is -1.15. The maximum absolute atomic E-state index is 4.27. The second-order valence-corrected chi connectivity index (χ2v) is 3.18. The van der Waals surface area contributed by atoms with E-state index in [1.54, 1.807) is 0 Å². The highest BCUT2D eigenvalue weighted by Crippen LogP contribution is 2.17. The minimum Gasteiger partial charge on any atom is -0.310 e. The van der Waals surface area contributed by atoms with Gasteiger partial charge in [-0.1, -0.05) is 6.08 Å². The summed E-state index contributed by atoms with van der Waals surface area (Å²) in [4.78, 5) is 4.27. The third kappa shape index (κ3) is 2.16. The fraction of sp³-hybridized carbons (Fsp3) is 0.364. The van der Waals surface area contributed by atoms with Gasteiger partial charge in [-0.05, 0) is 38.1 Å². The second-order valence-electron chi connectivity index (χ2n) is 3.18. The highest BCUT2D eigenvalue weighted by atomic mass is 14.9. The number of nitrogens with one attached hydrogen (secondary N) is 1. The van der Waals surface area contributed by atoms with Crippen LogP contribution in [0.25, 0.3) is 0 Å². The molecule has 0 aliphatic carbocycles. The Morgan fingerprint density at radius 1 is 1.54 bits per heavy atom. The zero-order valence-electron chi connectivity index (χ0n) is 8.46. The molecule has 2 nitrogen and oxygen atoms in total. The number of hydrogen-bond acceptors (Lipinski definition) is 2. The van der Waals surface area contributed by atoms with Crippen LogP contribution in [-0.2, 0) is 0 Å². The molecule has 1 rings (SSSR count). The van der Waals surface area contributed by atoms with Gasteiger partial charge in [0.05, 0.1) is 6.04 Å². The lowest BCUT2D eigenvalue weighted by Gasteiger charge is -2.14.